The summed E-state index contributed by atoms with van der Waals surface area (Å²) in [5.41, 5.74) is 0.713. The van der Waals surface area contributed by atoms with E-state index in [-0.39, 0.29) is 12.1 Å². The lowest BCUT2D eigenvalue weighted by Gasteiger charge is -2.40. The number of hydrogen-bond acceptors (Lipinski definition) is 5. The largest absolute Gasteiger partial charge is 0.444 e. The second kappa shape index (κ2) is 7.18. The van der Waals surface area contributed by atoms with E-state index in [0.717, 1.165) is 12.4 Å². The number of hydrogen-bond donors (Lipinski definition) is 0. The van der Waals surface area contributed by atoms with Crippen LogP contribution in [0, 0.1) is 0 Å². The Labute approximate surface area is 150 Å². The van der Waals surface area contributed by atoms with Gasteiger partial charge < -0.3 is 14.5 Å². The van der Waals surface area contributed by atoms with Crippen molar-refractivity contribution >= 4 is 11.9 Å². The van der Waals surface area contributed by atoms with Crippen LogP contribution in [0.25, 0.3) is 0 Å². The molecule has 1 aliphatic heterocycles. The zero-order valence-corrected chi connectivity index (χ0v) is 15.9. The van der Waals surface area contributed by atoms with Gasteiger partial charge in [0, 0.05) is 43.4 Å². The number of ether oxygens (including phenoxy) is 1. The average molecular weight is 346 g/mol. The molecule has 1 atom stereocenters. The number of piperazine rings is 1. The van der Waals surface area contributed by atoms with Crippen LogP contribution in [-0.4, -0.2) is 52.2 Å². The van der Waals surface area contributed by atoms with E-state index < -0.39 is 5.60 Å². The Morgan fingerprint density at radius 3 is 2.56 bits per heavy atom. The minimum Gasteiger partial charge on any atom is -0.444 e. The molecule has 25 heavy (non-hydrogen) atoms. The fourth-order valence-corrected chi connectivity index (χ4v) is 3.75. The summed E-state index contributed by atoms with van der Waals surface area (Å²) in [5, 5.41) is 0. The average Bonchev–Trinajstić information content (AvgIpc) is 3.08. The Balaban J connectivity index is 1.65. The molecule has 0 bridgehead atoms. The number of nitrogens with zero attached hydrogens (tertiary/aromatic N) is 4. The molecule has 1 amide bonds. The van der Waals surface area contributed by atoms with Gasteiger partial charge in [-0.25, -0.2) is 14.8 Å². The van der Waals surface area contributed by atoms with E-state index >= 15 is 0 Å². The fourth-order valence-electron chi connectivity index (χ4n) is 3.75. The predicted octanol–water partition coefficient (Wildman–Crippen LogP) is 3.58. The van der Waals surface area contributed by atoms with Crippen molar-refractivity contribution in [1.29, 1.82) is 0 Å². The number of carbonyl (C=O) groups excluding carboxylic acids is 1. The third-order valence-corrected chi connectivity index (χ3v) is 5.02. The van der Waals surface area contributed by atoms with Crippen LogP contribution >= 0.6 is 0 Å². The second-order valence-corrected chi connectivity index (χ2v) is 8.25. The van der Waals surface area contributed by atoms with Gasteiger partial charge >= 0.3 is 6.09 Å². The smallest absolute Gasteiger partial charge is 0.410 e. The molecule has 3 rings (SSSR count). The molecular weight excluding hydrogens is 316 g/mol. The predicted molar refractivity (Wildman–Crippen MR) is 97.9 cm³/mol. The van der Waals surface area contributed by atoms with E-state index in [2.05, 4.69) is 27.9 Å². The topological polar surface area (TPSA) is 58.6 Å². The van der Waals surface area contributed by atoms with E-state index in [1.54, 1.807) is 11.2 Å². The highest BCUT2D eigenvalue weighted by Gasteiger charge is 2.31. The Kier molecular flexibility index (Phi) is 5.16. The van der Waals surface area contributed by atoms with Gasteiger partial charge in [-0.05, 0) is 40.5 Å². The Bertz CT molecular complexity index is 608. The lowest BCUT2D eigenvalue weighted by Crippen LogP contribution is -2.54. The maximum Gasteiger partial charge on any atom is 0.410 e. The molecule has 1 saturated heterocycles. The van der Waals surface area contributed by atoms with E-state index in [4.69, 9.17) is 4.74 Å². The van der Waals surface area contributed by atoms with Crippen molar-refractivity contribution in [3.05, 3.63) is 18.1 Å². The van der Waals surface area contributed by atoms with Crippen LogP contribution in [0.1, 0.15) is 65.0 Å². The Morgan fingerprint density at radius 1 is 1.20 bits per heavy atom. The molecule has 2 aliphatic rings. The second-order valence-electron chi connectivity index (χ2n) is 8.25. The highest BCUT2D eigenvalue weighted by atomic mass is 16.6. The quantitative estimate of drug-likeness (QED) is 0.819. The first-order valence-corrected chi connectivity index (χ1v) is 9.40. The highest BCUT2D eigenvalue weighted by molar-refractivity contribution is 5.68. The standard InChI is InChI=1S/C19H30N4O2/c1-14-12-22(18(24)25-19(2,3)4)9-10-23(14)17-11-16(20-13-21-17)15-7-5-6-8-15/h11,13-15H,5-10,12H2,1-4H3/t14-/m0/s1. The van der Waals surface area contributed by atoms with Crippen LogP contribution in [0.15, 0.2) is 12.4 Å². The van der Waals surface area contributed by atoms with E-state index in [0.29, 0.717) is 19.0 Å². The summed E-state index contributed by atoms with van der Waals surface area (Å²) in [6, 6.07) is 2.35. The first-order chi connectivity index (χ1) is 11.8. The highest BCUT2D eigenvalue weighted by Crippen LogP contribution is 2.34. The van der Waals surface area contributed by atoms with Crippen LogP contribution in [0.2, 0.25) is 0 Å². The van der Waals surface area contributed by atoms with Crippen molar-refractivity contribution in [2.24, 2.45) is 0 Å². The summed E-state index contributed by atoms with van der Waals surface area (Å²) in [7, 11) is 0. The maximum atomic E-state index is 12.3. The third-order valence-electron chi connectivity index (χ3n) is 5.02. The molecule has 0 spiro atoms. The molecule has 0 aromatic carbocycles. The minimum atomic E-state index is -0.458. The van der Waals surface area contributed by atoms with E-state index in [1.807, 2.05) is 20.8 Å². The molecular formula is C19H30N4O2. The number of aromatic nitrogens is 2. The molecule has 138 valence electrons. The zero-order valence-electron chi connectivity index (χ0n) is 15.9. The lowest BCUT2D eigenvalue weighted by molar-refractivity contribution is 0.0218. The lowest BCUT2D eigenvalue weighted by atomic mass is 10.0. The molecule has 0 N–H and O–H groups in total. The van der Waals surface area contributed by atoms with Gasteiger partial charge in [0.05, 0.1) is 0 Å². The van der Waals surface area contributed by atoms with Crippen molar-refractivity contribution in [3.8, 4) is 0 Å². The molecule has 1 aliphatic carbocycles. The number of amides is 1. The first-order valence-electron chi connectivity index (χ1n) is 9.40. The van der Waals surface area contributed by atoms with Crippen LogP contribution in [0.3, 0.4) is 0 Å². The number of rotatable bonds is 2. The van der Waals surface area contributed by atoms with Gasteiger partial charge in [-0.3, -0.25) is 0 Å². The molecule has 6 heteroatoms. The zero-order chi connectivity index (χ0) is 18.0. The minimum absolute atomic E-state index is 0.201. The molecule has 2 heterocycles. The van der Waals surface area contributed by atoms with Crippen molar-refractivity contribution in [2.75, 3.05) is 24.5 Å². The van der Waals surface area contributed by atoms with Crippen molar-refractivity contribution in [1.82, 2.24) is 14.9 Å². The van der Waals surface area contributed by atoms with Crippen LogP contribution < -0.4 is 4.90 Å². The summed E-state index contributed by atoms with van der Waals surface area (Å²) in [5.74, 6) is 1.56. The van der Waals surface area contributed by atoms with Gasteiger partial charge in [0.15, 0.2) is 0 Å². The van der Waals surface area contributed by atoms with Gasteiger partial charge in [0.2, 0.25) is 0 Å². The van der Waals surface area contributed by atoms with Crippen LogP contribution in [0.5, 0.6) is 0 Å². The third kappa shape index (κ3) is 4.41. The number of anilines is 1. The van der Waals surface area contributed by atoms with Crippen LogP contribution in [-0.2, 0) is 4.74 Å². The van der Waals surface area contributed by atoms with Crippen molar-refractivity contribution in [2.45, 2.75) is 70.9 Å². The van der Waals surface area contributed by atoms with Gasteiger partial charge in [-0.1, -0.05) is 12.8 Å². The summed E-state index contributed by atoms with van der Waals surface area (Å²) in [4.78, 5) is 25.4. The number of carbonyl (C=O) groups is 1. The van der Waals surface area contributed by atoms with E-state index in [1.165, 1.54) is 31.4 Å². The summed E-state index contributed by atoms with van der Waals surface area (Å²) in [6.45, 7) is 9.90. The Morgan fingerprint density at radius 2 is 1.92 bits per heavy atom. The summed E-state index contributed by atoms with van der Waals surface area (Å²) >= 11 is 0. The summed E-state index contributed by atoms with van der Waals surface area (Å²) < 4.78 is 5.50. The molecule has 1 saturated carbocycles. The first kappa shape index (κ1) is 18.0. The van der Waals surface area contributed by atoms with E-state index in [9.17, 15) is 4.79 Å². The SMILES string of the molecule is C[C@H]1CN(C(=O)OC(C)(C)C)CCN1c1cc(C2CCCC2)ncn1. The van der Waals surface area contributed by atoms with Crippen molar-refractivity contribution in [3.63, 3.8) is 0 Å². The molecule has 1 aromatic rings. The van der Waals surface area contributed by atoms with Gasteiger partial charge in [0.25, 0.3) is 0 Å². The molecule has 0 radical (unpaired) electrons. The fraction of sp³-hybridized carbons (Fsp3) is 0.737. The van der Waals surface area contributed by atoms with Crippen LogP contribution in [0.4, 0.5) is 10.6 Å². The van der Waals surface area contributed by atoms with Gasteiger partial charge in [-0.2, -0.15) is 0 Å². The maximum absolute atomic E-state index is 12.3. The molecule has 2 fully saturated rings. The Hall–Kier alpha value is -1.85. The monoisotopic (exact) mass is 346 g/mol. The molecule has 0 unspecified atom stereocenters. The van der Waals surface area contributed by atoms with Crippen molar-refractivity contribution < 1.29 is 9.53 Å². The van der Waals surface area contributed by atoms with Gasteiger partial charge in [0.1, 0.15) is 17.7 Å². The normalized spacial score (nSPS) is 22.3. The van der Waals surface area contributed by atoms with Gasteiger partial charge in [-0.15, -0.1) is 0 Å². The summed E-state index contributed by atoms with van der Waals surface area (Å²) in [6.07, 6.45) is 6.53. The molecule has 1 aromatic heterocycles. The molecule has 6 nitrogen and oxygen atoms in total.